The fraction of sp³-hybridized carbons (Fsp3) is 0.860. The first-order valence-electron chi connectivity index (χ1n) is 29.6. The molecule has 0 heterocycles. The number of carbonyl (C=O) groups excluding carboxylic acids is 4. The molecule has 0 spiro atoms. The standard InChI is InChI=1S/C57H106O17P2/c1-5-9-13-17-21-22-23-24-25-26-27-28-32-36-40-44-57(62)74-53(48-68-55(60)42-38-34-30-19-15-11-7-3)50-72-76(65,66)70-46-51(58)45-69-75(63,64)71-49-52(73-56(61)43-39-35-31-20-16-12-8-4)47-67-54(59)41-37-33-29-18-14-10-6-2/h22-25,51-53,58H,5-21,26-50H2,1-4H3,(H,63,64)(H,65,66)/b23-22-,25-24-/t51-,52+,53+/m0/s1. The fourth-order valence-corrected chi connectivity index (χ4v) is 9.43. The Morgan fingerprint density at radius 3 is 0.961 bits per heavy atom. The van der Waals surface area contributed by atoms with Crippen LogP contribution >= 0.6 is 15.6 Å². The number of rotatable bonds is 56. The van der Waals surface area contributed by atoms with Crippen molar-refractivity contribution in [2.75, 3.05) is 39.6 Å². The number of unbranched alkanes of at least 4 members (excludes halogenated alkanes) is 27. The second kappa shape index (κ2) is 51.9. The smallest absolute Gasteiger partial charge is 0.462 e. The number of hydrogen-bond donors (Lipinski definition) is 3. The molecule has 0 amide bonds. The molecule has 17 nitrogen and oxygen atoms in total. The van der Waals surface area contributed by atoms with Crippen molar-refractivity contribution in [3.63, 3.8) is 0 Å². The molecule has 0 radical (unpaired) electrons. The topological polar surface area (TPSA) is 237 Å². The van der Waals surface area contributed by atoms with Crippen LogP contribution in [0.1, 0.15) is 259 Å². The molecule has 0 aromatic rings. The Labute approximate surface area is 459 Å². The zero-order valence-corrected chi connectivity index (χ0v) is 49.5. The predicted molar refractivity (Wildman–Crippen MR) is 298 cm³/mol. The van der Waals surface area contributed by atoms with Crippen molar-refractivity contribution in [1.82, 2.24) is 0 Å². The third kappa shape index (κ3) is 51.0. The zero-order valence-electron chi connectivity index (χ0n) is 47.7. The van der Waals surface area contributed by atoms with Gasteiger partial charge in [0.2, 0.25) is 0 Å². The van der Waals surface area contributed by atoms with E-state index in [1.807, 2.05) is 0 Å². The largest absolute Gasteiger partial charge is 0.472 e. The average molecular weight is 1130 g/mol. The minimum Gasteiger partial charge on any atom is -0.462 e. The van der Waals surface area contributed by atoms with Gasteiger partial charge in [0.15, 0.2) is 12.2 Å². The molecule has 0 rings (SSSR count). The Bertz CT molecular complexity index is 1580. The maximum Gasteiger partial charge on any atom is 0.472 e. The highest BCUT2D eigenvalue weighted by Crippen LogP contribution is 2.45. The highest BCUT2D eigenvalue weighted by Gasteiger charge is 2.30. The van der Waals surface area contributed by atoms with E-state index >= 15 is 0 Å². The summed E-state index contributed by atoms with van der Waals surface area (Å²) in [5, 5.41) is 10.5. The third-order valence-electron chi connectivity index (χ3n) is 12.5. The van der Waals surface area contributed by atoms with Gasteiger partial charge in [-0.2, -0.15) is 0 Å². The van der Waals surface area contributed by atoms with Crippen molar-refractivity contribution >= 4 is 39.5 Å². The van der Waals surface area contributed by atoms with E-state index in [0.29, 0.717) is 25.7 Å². The molecular formula is C57H106O17P2. The lowest BCUT2D eigenvalue weighted by Crippen LogP contribution is -2.30. The highest BCUT2D eigenvalue weighted by molar-refractivity contribution is 7.47. The lowest BCUT2D eigenvalue weighted by atomic mass is 10.1. The molecule has 76 heavy (non-hydrogen) atoms. The number of esters is 4. The maximum absolute atomic E-state index is 12.9. The fourth-order valence-electron chi connectivity index (χ4n) is 7.86. The maximum atomic E-state index is 12.9. The van der Waals surface area contributed by atoms with Crippen LogP contribution in [0.15, 0.2) is 24.3 Å². The Hall–Kier alpha value is -2.46. The molecule has 3 N–H and O–H groups in total. The molecule has 19 heteroatoms. The molecule has 2 unspecified atom stereocenters. The van der Waals surface area contributed by atoms with Crippen molar-refractivity contribution in [3.8, 4) is 0 Å². The minimum absolute atomic E-state index is 0.0846. The summed E-state index contributed by atoms with van der Waals surface area (Å²) in [5.74, 6) is -2.19. The minimum atomic E-state index is -4.94. The van der Waals surface area contributed by atoms with E-state index < -0.39 is 97.5 Å². The summed E-state index contributed by atoms with van der Waals surface area (Å²) in [6.07, 6.45) is 37.4. The molecule has 0 aliphatic heterocycles. The van der Waals surface area contributed by atoms with Crippen LogP contribution in [0.2, 0.25) is 0 Å². The van der Waals surface area contributed by atoms with E-state index in [1.54, 1.807) is 0 Å². The lowest BCUT2D eigenvalue weighted by molar-refractivity contribution is -0.161. The Kier molecular flexibility index (Phi) is 50.3. The molecule has 0 aliphatic carbocycles. The molecule has 0 aromatic heterocycles. The van der Waals surface area contributed by atoms with Gasteiger partial charge in [0.05, 0.1) is 26.4 Å². The van der Waals surface area contributed by atoms with Crippen LogP contribution in [-0.4, -0.2) is 96.7 Å². The van der Waals surface area contributed by atoms with Gasteiger partial charge in [0.1, 0.15) is 19.3 Å². The lowest BCUT2D eigenvalue weighted by Gasteiger charge is -2.21. The predicted octanol–water partition coefficient (Wildman–Crippen LogP) is 14.8. The molecule has 0 saturated carbocycles. The second-order valence-corrected chi connectivity index (χ2v) is 22.9. The highest BCUT2D eigenvalue weighted by atomic mass is 31.2. The molecule has 0 aromatic carbocycles. The molecule has 5 atom stereocenters. The molecule has 0 aliphatic rings. The van der Waals surface area contributed by atoms with Crippen LogP contribution in [-0.2, 0) is 65.4 Å². The summed E-state index contributed by atoms with van der Waals surface area (Å²) in [6, 6.07) is 0. The van der Waals surface area contributed by atoms with Gasteiger partial charge >= 0.3 is 39.5 Å². The number of ether oxygens (including phenoxy) is 4. The first-order chi connectivity index (χ1) is 36.7. The van der Waals surface area contributed by atoms with Crippen LogP contribution in [0, 0.1) is 0 Å². The number of carbonyl (C=O) groups is 4. The van der Waals surface area contributed by atoms with Crippen LogP contribution in [0.4, 0.5) is 0 Å². The van der Waals surface area contributed by atoms with Crippen molar-refractivity contribution in [1.29, 1.82) is 0 Å². The monoisotopic (exact) mass is 1120 g/mol. The second-order valence-electron chi connectivity index (χ2n) is 20.0. The number of allylic oxidation sites excluding steroid dienone is 4. The quantitative estimate of drug-likeness (QED) is 0.0169. The normalized spacial score (nSPS) is 14.6. The van der Waals surface area contributed by atoms with E-state index in [2.05, 4.69) is 52.0 Å². The summed E-state index contributed by atoms with van der Waals surface area (Å²) < 4.78 is 67.3. The zero-order chi connectivity index (χ0) is 56.2. The summed E-state index contributed by atoms with van der Waals surface area (Å²) in [5.41, 5.74) is 0. The number of phosphoric ester groups is 2. The van der Waals surface area contributed by atoms with E-state index in [4.69, 9.17) is 37.0 Å². The van der Waals surface area contributed by atoms with Gasteiger partial charge in [-0.15, -0.1) is 0 Å². The van der Waals surface area contributed by atoms with E-state index in [1.165, 1.54) is 38.5 Å². The number of aliphatic hydroxyl groups is 1. The Morgan fingerprint density at radius 1 is 0.368 bits per heavy atom. The molecule has 0 bridgehead atoms. The van der Waals surface area contributed by atoms with Gasteiger partial charge in [-0.05, 0) is 51.4 Å². The van der Waals surface area contributed by atoms with Gasteiger partial charge in [-0.3, -0.25) is 37.3 Å². The van der Waals surface area contributed by atoms with Crippen LogP contribution in [0.25, 0.3) is 0 Å². The van der Waals surface area contributed by atoms with Crippen molar-refractivity contribution < 1.29 is 80.2 Å². The van der Waals surface area contributed by atoms with E-state index in [9.17, 15) is 43.2 Å². The third-order valence-corrected chi connectivity index (χ3v) is 14.4. The van der Waals surface area contributed by atoms with Gasteiger partial charge in [0.25, 0.3) is 0 Å². The number of hydrogen-bond acceptors (Lipinski definition) is 15. The first-order valence-corrected chi connectivity index (χ1v) is 32.6. The van der Waals surface area contributed by atoms with E-state index in [0.717, 1.165) is 141 Å². The first kappa shape index (κ1) is 73.5. The summed E-state index contributed by atoms with van der Waals surface area (Å²) in [7, 11) is -9.87. The van der Waals surface area contributed by atoms with E-state index in [-0.39, 0.29) is 25.7 Å². The Morgan fingerprint density at radius 2 is 0.632 bits per heavy atom. The van der Waals surface area contributed by atoms with Gasteiger partial charge in [0, 0.05) is 25.7 Å². The summed E-state index contributed by atoms with van der Waals surface area (Å²) >= 11 is 0. The van der Waals surface area contributed by atoms with Crippen LogP contribution < -0.4 is 0 Å². The number of phosphoric acid groups is 2. The van der Waals surface area contributed by atoms with Gasteiger partial charge in [-0.25, -0.2) is 9.13 Å². The van der Waals surface area contributed by atoms with Crippen molar-refractivity contribution in [3.05, 3.63) is 24.3 Å². The molecular weight excluding hydrogens is 1020 g/mol. The summed E-state index contributed by atoms with van der Waals surface area (Å²) in [4.78, 5) is 71.5. The van der Waals surface area contributed by atoms with Gasteiger partial charge < -0.3 is 33.8 Å². The number of aliphatic hydroxyl groups excluding tert-OH is 1. The van der Waals surface area contributed by atoms with Crippen LogP contribution in [0.3, 0.4) is 0 Å². The molecule has 0 fully saturated rings. The SMILES string of the molecule is CCCCCC/C=C\C=C/CCCCCCCC(=O)O[C@H](COC(=O)CCCCCCCCC)COP(=O)(O)OC[C@@H](O)COP(=O)(O)OC[C@@H](COC(=O)CCCCCCCCC)OC(=O)CCCCCCCCC. The van der Waals surface area contributed by atoms with Gasteiger partial charge in [-0.1, -0.05) is 206 Å². The molecule has 446 valence electrons. The van der Waals surface area contributed by atoms with Crippen molar-refractivity contribution in [2.45, 2.75) is 277 Å². The average Bonchev–Trinajstić information content (AvgIpc) is 3.39. The Balaban J connectivity index is 5.18. The summed E-state index contributed by atoms with van der Waals surface area (Å²) in [6.45, 7) is 4.64. The molecule has 0 saturated heterocycles. The van der Waals surface area contributed by atoms with Crippen LogP contribution in [0.5, 0.6) is 0 Å². The van der Waals surface area contributed by atoms with Crippen molar-refractivity contribution in [2.24, 2.45) is 0 Å².